The van der Waals surface area contributed by atoms with Crippen LogP contribution in [0.4, 0.5) is 10.5 Å². The lowest BCUT2D eigenvalue weighted by molar-refractivity contribution is 0.251. The fraction of sp³-hybridized carbons (Fsp3) is 0.125. The van der Waals surface area contributed by atoms with Gasteiger partial charge < -0.3 is 14.6 Å². The maximum atomic E-state index is 11.8. The number of aliphatic imine (C=N–C) groups is 1. The number of nitrogens with zero attached hydrogens (tertiary/aromatic N) is 1. The molecular weight excluding hydrogens is 298 g/mol. The number of para-hydroxylation sites is 1. The van der Waals surface area contributed by atoms with Gasteiger partial charge in [0.15, 0.2) is 0 Å². The Kier molecular flexibility index (Phi) is 5.40. The highest BCUT2D eigenvalue weighted by molar-refractivity contribution is 5.95. The summed E-state index contributed by atoms with van der Waals surface area (Å²) in [5.74, 6) is 0.676. The molecule has 120 valence electrons. The normalized spacial score (nSPS) is 10.3. The van der Waals surface area contributed by atoms with Gasteiger partial charge in [0.05, 0.1) is 25.5 Å². The molecule has 0 radical (unpaired) electrons. The van der Waals surface area contributed by atoms with Gasteiger partial charge >= 0.3 is 6.03 Å². The molecule has 2 amide bonds. The Bertz CT molecular complexity index is 677. The van der Waals surface area contributed by atoms with Crippen molar-refractivity contribution in [1.29, 1.82) is 0 Å². The van der Waals surface area contributed by atoms with Crippen molar-refractivity contribution in [2.75, 3.05) is 19.6 Å². The van der Waals surface area contributed by atoms with Crippen LogP contribution in [0, 0.1) is 0 Å². The van der Waals surface area contributed by atoms with Gasteiger partial charge in [-0.3, -0.25) is 5.43 Å². The topological polar surface area (TPSA) is 92.2 Å². The summed E-state index contributed by atoms with van der Waals surface area (Å²) in [5.41, 5.74) is 6.35. The van der Waals surface area contributed by atoms with Crippen LogP contribution in [0.2, 0.25) is 0 Å². The summed E-state index contributed by atoms with van der Waals surface area (Å²) in [7, 11) is 2.89. The molecule has 0 unspecified atom stereocenters. The number of ether oxygens (including phenoxy) is 2. The van der Waals surface area contributed by atoms with Gasteiger partial charge in [-0.2, -0.15) is 4.99 Å². The van der Waals surface area contributed by atoms with Crippen LogP contribution >= 0.6 is 0 Å². The van der Waals surface area contributed by atoms with E-state index >= 15 is 0 Å². The Balaban J connectivity index is 2.08. The van der Waals surface area contributed by atoms with Crippen LogP contribution in [0.15, 0.2) is 47.5 Å². The van der Waals surface area contributed by atoms with E-state index in [0.29, 0.717) is 17.1 Å². The Morgan fingerprint density at radius 1 is 1.13 bits per heavy atom. The van der Waals surface area contributed by atoms with E-state index in [1.165, 1.54) is 32.6 Å². The summed E-state index contributed by atoms with van der Waals surface area (Å²) in [6, 6.07) is 11.4. The molecule has 23 heavy (non-hydrogen) atoms. The van der Waals surface area contributed by atoms with E-state index in [-0.39, 0.29) is 5.75 Å². The van der Waals surface area contributed by atoms with E-state index < -0.39 is 6.03 Å². The van der Waals surface area contributed by atoms with Crippen LogP contribution in [0.5, 0.6) is 17.2 Å². The number of hydrogen-bond acceptors (Lipinski definition) is 5. The molecule has 7 nitrogen and oxygen atoms in total. The molecule has 3 N–H and O–H groups in total. The zero-order chi connectivity index (χ0) is 16.7. The fourth-order valence-electron chi connectivity index (χ4n) is 1.85. The van der Waals surface area contributed by atoms with Gasteiger partial charge in [-0.1, -0.05) is 18.2 Å². The van der Waals surface area contributed by atoms with Crippen molar-refractivity contribution in [3.63, 3.8) is 0 Å². The van der Waals surface area contributed by atoms with E-state index in [2.05, 4.69) is 15.8 Å². The zero-order valence-electron chi connectivity index (χ0n) is 12.7. The third kappa shape index (κ3) is 4.37. The van der Waals surface area contributed by atoms with E-state index in [0.717, 1.165) is 5.69 Å². The van der Waals surface area contributed by atoms with Crippen molar-refractivity contribution in [2.45, 2.75) is 0 Å². The lowest BCUT2D eigenvalue weighted by atomic mass is 10.2. The van der Waals surface area contributed by atoms with Crippen LogP contribution in [-0.4, -0.2) is 31.6 Å². The number of nitrogens with one attached hydrogen (secondary N) is 2. The van der Waals surface area contributed by atoms with Crippen molar-refractivity contribution in [1.82, 2.24) is 5.43 Å². The molecular formula is C16H17N3O4. The highest BCUT2D eigenvalue weighted by Gasteiger charge is 2.11. The number of rotatable bonds is 5. The maximum Gasteiger partial charge on any atom is 0.359 e. The lowest BCUT2D eigenvalue weighted by Gasteiger charge is -2.10. The van der Waals surface area contributed by atoms with E-state index in [4.69, 9.17) is 9.47 Å². The number of methoxy groups -OCH3 is 2. The Hall–Kier alpha value is -3.22. The van der Waals surface area contributed by atoms with Gasteiger partial charge in [-0.15, -0.1) is 0 Å². The Morgan fingerprint density at radius 3 is 2.30 bits per heavy atom. The second kappa shape index (κ2) is 7.69. The standard InChI is InChI=1S/C16H17N3O4/c1-22-14-8-12(20)9-15(23-2)13(14)10-17-16(21)19-18-11-6-4-3-5-7-11/h3-10,18,20H,1-2H3,(H,19,21). The second-order valence-corrected chi connectivity index (χ2v) is 4.44. The number of aromatic hydroxyl groups is 1. The van der Waals surface area contributed by atoms with Crippen molar-refractivity contribution < 1.29 is 19.4 Å². The van der Waals surface area contributed by atoms with Gasteiger partial charge in [-0.05, 0) is 12.1 Å². The monoisotopic (exact) mass is 315 g/mol. The number of hydrazine groups is 1. The predicted octanol–water partition coefficient (Wildman–Crippen LogP) is 2.57. The molecule has 0 aliphatic rings. The third-order valence-corrected chi connectivity index (χ3v) is 2.93. The minimum atomic E-state index is -0.592. The first-order valence-electron chi connectivity index (χ1n) is 6.74. The van der Waals surface area contributed by atoms with E-state index in [1.807, 2.05) is 18.2 Å². The minimum Gasteiger partial charge on any atom is -0.508 e. The largest absolute Gasteiger partial charge is 0.508 e. The van der Waals surface area contributed by atoms with Crippen LogP contribution in [0.3, 0.4) is 0 Å². The molecule has 0 saturated heterocycles. The molecule has 0 aromatic heterocycles. The zero-order valence-corrected chi connectivity index (χ0v) is 12.7. The SMILES string of the molecule is COc1cc(O)cc(OC)c1C=NC(=O)NNc1ccccc1. The summed E-state index contributed by atoms with van der Waals surface area (Å²) in [4.78, 5) is 15.5. The molecule has 2 aromatic rings. The summed E-state index contributed by atoms with van der Waals surface area (Å²) >= 11 is 0. The molecule has 0 aliphatic carbocycles. The molecule has 7 heteroatoms. The van der Waals surface area contributed by atoms with Crippen LogP contribution in [0.1, 0.15) is 5.56 Å². The number of anilines is 1. The van der Waals surface area contributed by atoms with E-state index in [1.54, 1.807) is 12.1 Å². The molecule has 0 aliphatic heterocycles. The minimum absolute atomic E-state index is 0.00829. The van der Waals surface area contributed by atoms with Crippen molar-refractivity contribution in [3.05, 3.63) is 48.0 Å². The Labute approximate surface area is 133 Å². The highest BCUT2D eigenvalue weighted by Crippen LogP contribution is 2.31. The van der Waals surface area contributed by atoms with Gasteiger partial charge in [0.1, 0.15) is 17.2 Å². The van der Waals surface area contributed by atoms with Crippen molar-refractivity contribution in [3.8, 4) is 17.2 Å². The smallest absolute Gasteiger partial charge is 0.359 e. The molecule has 2 aromatic carbocycles. The number of carbonyl (C=O) groups is 1. The molecule has 0 saturated carbocycles. The molecule has 0 heterocycles. The first-order valence-corrected chi connectivity index (χ1v) is 6.74. The van der Waals surface area contributed by atoms with Crippen molar-refractivity contribution in [2.24, 2.45) is 4.99 Å². The van der Waals surface area contributed by atoms with Gasteiger partial charge in [-0.25, -0.2) is 10.2 Å². The summed E-state index contributed by atoms with van der Waals surface area (Å²) < 4.78 is 10.3. The highest BCUT2D eigenvalue weighted by atomic mass is 16.5. The van der Waals surface area contributed by atoms with Crippen LogP contribution in [0.25, 0.3) is 0 Å². The number of carbonyl (C=O) groups excluding carboxylic acids is 1. The molecule has 0 atom stereocenters. The first kappa shape index (κ1) is 16.2. The van der Waals surface area contributed by atoms with Gasteiger partial charge in [0.2, 0.25) is 0 Å². The number of phenols is 1. The number of urea groups is 1. The van der Waals surface area contributed by atoms with Crippen LogP contribution in [-0.2, 0) is 0 Å². The van der Waals surface area contributed by atoms with Crippen LogP contribution < -0.4 is 20.3 Å². The predicted molar refractivity (Wildman–Crippen MR) is 87.4 cm³/mol. The number of hydrogen-bond donors (Lipinski definition) is 3. The summed E-state index contributed by atoms with van der Waals surface area (Å²) in [6.07, 6.45) is 1.30. The molecule has 2 rings (SSSR count). The van der Waals surface area contributed by atoms with Crippen molar-refractivity contribution >= 4 is 17.9 Å². The third-order valence-electron chi connectivity index (χ3n) is 2.93. The molecule has 0 spiro atoms. The van der Waals surface area contributed by atoms with Gasteiger partial charge in [0, 0.05) is 18.3 Å². The second-order valence-electron chi connectivity index (χ2n) is 4.44. The Morgan fingerprint density at radius 2 is 1.74 bits per heavy atom. The number of phenolic OH excluding ortho intramolecular Hbond substituents is 1. The molecule has 0 fully saturated rings. The molecule has 0 bridgehead atoms. The quantitative estimate of drug-likeness (QED) is 0.582. The summed E-state index contributed by atoms with van der Waals surface area (Å²) in [5, 5.41) is 9.57. The maximum absolute atomic E-state index is 11.8. The first-order chi connectivity index (χ1) is 11.1. The lowest BCUT2D eigenvalue weighted by Crippen LogP contribution is -2.26. The summed E-state index contributed by atoms with van der Waals surface area (Å²) in [6.45, 7) is 0. The average molecular weight is 315 g/mol. The van der Waals surface area contributed by atoms with Gasteiger partial charge in [0.25, 0.3) is 0 Å². The number of amides is 2. The fourth-order valence-corrected chi connectivity index (χ4v) is 1.85. The van der Waals surface area contributed by atoms with E-state index in [9.17, 15) is 9.90 Å². The average Bonchev–Trinajstić information content (AvgIpc) is 2.58. The number of benzene rings is 2.